The van der Waals surface area contributed by atoms with E-state index in [9.17, 15) is 9.18 Å². The number of carbonyl (C=O) groups is 1. The molecule has 0 bridgehead atoms. The van der Waals surface area contributed by atoms with Crippen LogP contribution in [0.4, 0.5) is 4.39 Å². The number of aromatic amines is 1. The molecule has 6 heteroatoms. The molecular weight excluding hydrogens is 319 g/mol. The lowest BCUT2D eigenvalue weighted by atomic mass is 10.1. The Morgan fingerprint density at radius 3 is 2.76 bits per heavy atom. The van der Waals surface area contributed by atoms with Crippen LogP contribution in [0.25, 0.3) is 10.9 Å². The van der Waals surface area contributed by atoms with Gasteiger partial charge in [0.25, 0.3) is 0 Å². The van der Waals surface area contributed by atoms with E-state index in [1.807, 2.05) is 31.6 Å². The van der Waals surface area contributed by atoms with Crippen molar-refractivity contribution in [1.82, 2.24) is 19.7 Å². The molecule has 1 aromatic carbocycles. The molecule has 2 aromatic heterocycles. The highest BCUT2D eigenvalue weighted by atomic mass is 19.1. The van der Waals surface area contributed by atoms with Crippen molar-refractivity contribution >= 4 is 16.8 Å². The van der Waals surface area contributed by atoms with Gasteiger partial charge in [-0.25, -0.2) is 4.39 Å². The van der Waals surface area contributed by atoms with Crippen molar-refractivity contribution in [2.45, 2.75) is 33.2 Å². The van der Waals surface area contributed by atoms with Gasteiger partial charge >= 0.3 is 0 Å². The maximum atomic E-state index is 13.3. The van der Waals surface area contributed by atoms with Gasteiger partial charge in [0.05, 0.1) is 12.2 Å². The number of fused-ring (bicyclic) bond motifs is 1. The zero-order valence-electron chi connectivity index (χ0n) is 15.1. The van der Waals surface area contributed by atoms with Crippen LogP contribution in [0.15, 0.2) is 24.3 Å². The van der Waals surface area contributed by atoms with Crippen LogP contribution in [0, 0.1) is 19.7 Å². The highest BCUT2D eigenvalue weighted by Crippen LogP contribution is 2.18. The number of aryl methyl sites for hydroxylation is 2. The van der Waals surface area contributed by atoms with E-state index in [-0.39, 0.29) is 11.7 Å². The normalized spacial score (nSPS) is 11.2. The summed E-state index contributed by atoms with van der Waals surface area (Å²) in [6.45, 7) is 4.47. The number of nitrogens with zero attached hydrogens (tertiary/aromatic N) is 3. The number of hydrogen-bond acceptors (Lipinski definition) is 2. The fraction of sp³-hybridized carbons (Fsp3) is 0.368. The average Bonchev–Trinajstić information content (AvgIpc) is 3.05. The molecule has 0 aliphatic heterocycles. The van der Waals surface area contributed by atoms with Crippen molar-refractivity contribution in [3.05, 3.63) is 52.7 Å². The molecule has 0 aliphatic rings. The summed E-state index contributed by atoms with van der Waals surface area (Å²) in [7, 11) is 3.70. The molecule has 5 nitrogen and oxygen atoms in total. The molecule has 25 heavy (non-hydrogen) atoms. The Morgan fingerprint density at radius 2 is 2.08 bits per heavy atom. The predicted octanol–water partition coefficient (Wildman–Crippen LogP) is 3.25. The number of aromatic nitrogens is 3. The summed E-state index contributed by atoms with van der Waals surface area (Å²) in [4.78, 5) is 17.4. The van der Waals surface area contributed by atoms with E-state index in [4.69, 9.17) is 0 Å². The molecule has 0 atom stereocenters. The molecule has 3 rings (SSSR count). The number of carbonyl (C=O) groups excluding carboxylic acids is 1. The number of halogens is 1. The monoisotopic (exact) mass is 342 g/mol. The minimum atomic E-state index is -0.260. The molecule has 0 spiro atoms. The molecule has 0 fully saturated rings. The van der Waals surface area contributed by atoms with Crippen molar-refractivity contribution in [1.29, 1.82) is 0 Å². The summed E-state index contributed by atoms with van der Waals surface area (Å²) in [6.07, 6.45) is 1.13. The Kier molecular flexibility index (Phi) is 4.61. The van der Waals surface area contributed by atoms with Gasteiger partial charge in [0.2, 0.25) is 5.91 Å². The van der Waals surface area contributed by atoms with Crippen molar-refractivity contribution in [3.63, 3.8) is 0 Å². The zero-order valence-corrected chi connectivity index (χ0v) is 15.1. The summed E-state index contributed by atoms with van der Waals surface area (Å²) in [5, 5.41) is 5.21. The van der Waals surface area contributed by atoms with Crippen molar-refractivity contribution in [3.8, 4) is 0 Å². The van der Waals surface area contributed by atoms with Crippen molar-refractivity contribution in [2.75, 3.05) is 7.05 Å². The molecule has 0 aliphatic carbocycles. The Hall–Kier alpha value is -2.63. The highest BCUT2D eigenvalue weighted by Gasteiger charge is 2.15. The Morgan fingerprint density at radius 1 is 1.32 bits per heavy atom. The van der Waals surface area contributed by atoms with Gasteiger partial charge in [-0.1, -0.05) is 0 Å². The number of hydrogen-bond donors (Lipinski definition) is 1. The maximum absolute atomic E-state index is 13.3. The summed E-state index contributed by atoms with van der Waals surface area (Å²) < 4.78 is 15.1. The quantitative estimate of drug-likeness (QED) is 0.774. The highest BCUT2D eigenvalue weighted by molar-refractivity contribution is 5.81. The van der Waals surface area contributed by atoms with Gasteiger partial charge in [0, 0.05) is 42.8 Å². The predicted molar refractivity (Wildman–Crippen MR) is 95.7 cm³/mol. The van der Waals surface area contributed by atoms with Crippen molar-refractivity contribution < 1.29 is 9.18 Å². The SMILES string of the molecule is Cc1nn(C)c(C)c1CCC(=O)N(C)Cc1cc2cc(F)ccc2[nH]1. The Labute approximate surface area is 146 Å². The van der Waals surface area contributed by atoms with Gasteiger partial charge in [-0.05, 0) is 50.1 Å². The molecule has 2 heterocycles. The van der Waals surface area contributed by atoms with Gasteiger partial charge in [-0.3, -0.25) is 9.48 Å². The van der Waals surface area contributed by atoms with Crippen LogP contribution in [-0.2, 0) is 24.8 Å². The van der Waals surface area contributed by atoms with E-state index in [1.165, 1.54) is 12.1 Å². The first-order valence-corrected chi connectivity index (χ1v) is 8.35. The van der Waals surface area contributed by atoms with Gasteiger partial charge in [-0.2, -0.15) is 5.10 Å². The van der Waals surface area contributed by atoms with E-state index in [2.05, 4.69) is 10.1 Å². The third-order valence-corrected chi connectivity index (χ3v) is 4.72. The molecule has 3 aromatic rings. The fourth-order valence-electron chi connectivity index (χ4n) is 3.19. The first-order valence-electron chi connectivity index (χ1n) is 8.35. The zero-order chi connectivity index (χ0) is 18.1. The average molecular weight is 342 g/mol. The third kappa shape index (κ3) is 3.57. The summed E-state index contributed by atoms with van der Waals surface area (Å²) in [5.74, 6) is -0.183. The van der Waals surface area contributed by atoms with Crippen LogP contribution in [0.3, 0.4) is 0 Å². The molecule has 0 radical (unpaired) electrons. The smallest absolute Gasteiger partial charge is 0.222 e. The molecule has 0 unspecified atom stereocenters. The Bertz CT molecular complexity index is 925. The minimum Gasteiger partial charge on any atom is -0.357 e. The van der Waals surface area contributed by atoms with Crippen LogP contribution >= 0.6 is 0 Å². The number of nitrogens with one attached hydrogen (secondary N) is 1. The topological polar surface area (TPSA) is 53.9 Å². The second-order valence-electron chi connectivity index (χ2n) is 6.55. The van der Waals surface area contributed by atoms with Gasteiger partial charge in [0.1, 0.15) is 5.82 Å². The lowest BCUT2D eigenvalue weighted by Gasteiger charge is -2.16. The largest absolute Gasteiger partial charge is 0.357 e. The van der Waals surface area contributed by atoms with Crippen LogP contribution in [0.1, 0.15) is 29.1 Å². The number of benzene rings is 1. The van der Waals surface area contributed by atoms with Crippen LogP contribution < -0.4 is 0 Å². The maximum Gasteiger partial charge on any atom is 0.222 e. The standard InChI is InChI=1S/C19H23FN4O/c1-12-17(13(2)24(4)22-12)6-8-19(25)23(3)11-16-10-14-9-15(20)5-7-18(14)21-16/h5,7,9-10,21H,6,8,11H2,1-4H3. The molecular formula is C19H23FN4O. The van der Waals surface area contributed by atoms with E-state index in [1.54, 1.807) is 18.0 Å². The third-order valence-electron chi connectivity index (χ3n) is 4.72. The Balaban J connectivity index is 1.63. The van der Waals surface area contributed by atoms with E-state index in [0.29, 0.717) is 19.4 Å². The van der Waals surface area contributed by atoms with Crippen molar-refractivity contribution in [2.24, 2.45) is 7.05 Å². The van der Waals surface area contributed by atoms with Crippen LogP contribution in [-0.4, -0.2) is 32.6 Å². The summed E-state index contributed by atoms with van der Waals surface area (Å²) >= 11 is 0. The first kappa shape index (κ1) is 17.2. The molecule has 0 saturated heterocycles. The number of amides is 1. The summed E-state index contributed by atoms with van der Waals surface area (Å²) in [5.41, 5.74) is 4.99. The van der Waals surface area contributed by atoms with E-state index in [0.717, 1.165) is 33.5 Å². The number of rotatable bonds is 5. The van der Waals surface area contributed by atoms with Gasteiger partial charge < -0.3 is 9.88 Å². The lowest BCUT2D eigenvalue weighted by Crippen LogP contribution is -2.26. The second-order valence-corrected chi connectivity index (χ2v) is 6.55. The van der Waals surface area contributed by atoms with E-state index >= 15 is 0 Å². The number of H-pyrrole nitrogens is 1. The van der Waals surface area contributed by atoms with Crippen LogP contribution in [0.5, 0.6) is 0 Å². The first-order chi connectivity index (χ1) is 11.8. The lowest BCUT2D eigenvalue weighted by molar-refractivity contribution is -0.130. The summed E-state index contributed by atoms with van der Waals surface area (Å²) in [6, 6.07) is 6.52. The molecule has 1 amide bonds. The molecule has 0 saturated carbocycles. The minimum absolute atomic E-state index is 0.0764. The molecule has 132 valence electrons. The van der Waals surface area contributed by atoms with E-state index < -0.39 is 0 Å². The van der Waals surface area contributed by atoms with Gasteiger partial charge in [0.15, 0.2) is 0 Å². The van der Waals surface area contributed by atoms with Gasteiger partial charge in [-0.15, -0.1) is 0 Å². The second kappa shape index (κ2) is 6.70. The van der Waals surface area contributed by atoms with Crippen LogP contribution in [0.2, 0.25) is 0 Å². The molecule has 1 N–H and O–H groups in total. The fourth-order valence-corrected chi connectivity index (χ4v) is 3.19.